The van der Waals surface area contributed by atoms with E-state index >= 15 is 0 Å². The zero-order chi connectivity index (χ0) is 54.3. The molecule has 1 atom stereocenters. The molecule has 0 bridgehead atoms. The number of rotatable bonds is 56. The van der Waals surface area contributed by atoms with Gasteiger partial charge in [0.1, 0.15) is 13.2 Å². The number of allylic oxidation sites excluding steroid dienone is 18. The van der Waals surface area contributed by atoms with Crippen LogP contribution in [0.1, 0.15) is 290 Å². The van der Waals surface area contributed by atoms with Crippen LogP contribution in [0.3, 0.4) is 0 Å². The van der Waals surface area contributed by atoms with E-state index in [1.54, 1.807) is 0 Å². The average molecular weight is 1040 g/mol. The van der Waals surface area contributed by atoms with Gasteiger partial charge < -0.3 is 14.2 Å². The van der Waals surface area contributed by atoms with E-state index in [0.29, 0.717) is 19.3 Å². The quantitative estimate of drug-likeness (QED) is 0.0261. The molecule has 0 aliphatic heterocycles. The van der Waals surface area contributed by atoms with E-state index in [1.807, 2.05) is 0 Å². The molecule has 6 heteroatoms. The van der Waals surface area contributed by atoms with E-state index in [1.165, 1.54) is 141 Å². The molecule has 0 radical (unpaired) electrons. The first-order valence-electron chi connectivity index (χ1n) is 31.4. The summed E-state index contributed by atoms with van der Waals surface area (Å²) < 4.78 is 16.8. The summed E-state index contributed by atoms with van der Waals surface area (Å²) in [5.74, 6) is -0.994. The Balaban J connectivity index is 4.48. The molecule has 0 aliphatic rings. The highest BCUT2D eigenvalue weighted by molar-refractivity contribution is 5.71. The normalized spacial score (nSPS) is 12.8. The fraction of sp³-hybridized carbons (Fsp3) is 0.696. The number of esters is 3. The zero-order valence-corrected chi connectivity index (χ0v) is 49.0. The Kier molecular flexibility index (Phi) is 59.3. The lowest BCUT2D eigenvalue weighted by molar-refractivity contribution is -0.167. The molecule has 75 heavy (non-hydrogen) atoms. The molecule has 0 aromatic heterocycles. The van der Waals surface area contributed by atoms with E-state index in [-0.39, 0.29) is 37.5 Å². The van der Waals surface area contributed by atoms with E-state index in [0.717, 1.165) is 103 Å². The van der Waals surface area contributed by atoms with E-state index in [4.69, 9.17) is 14.2 Å². The van der Waals surface area contributed by atoms with Crippen molar-refractivity contribution in [3.63, 3.8) is 0 Å². The van der Waals surface area contributed by atoms with Crippen molar-refractivity contribution in [2.75, 3.05) is 13.2 Å². The second-order valence-corrected chi connectivity index (χ2v) is 20.6. The first kappa shape index (κ1) is 71.1. The molecular formula is C69H116O6. The maximum Gasteiger partial charge on any atom is 0.306 e. The highest BCUT2D eigenvalue weighted by Gasteiger charge is 2.19. The van der Waals surface area contributed by atoms with E-state index < -0.39 is 6.10 Å². The minimum Gasteiger partial charge on any atom is -0.462 e. The molecule has 6 nitrogen and oxygen atoms in total. The van der Waals surface area contributed by atoms with Crippen LogP contribution in [-0.4, -0.2) is 37.2 Å². The summed E-state index contributed by atoms with van der Waals surface area (Å²) in [7, 11) is 0. The summed E-state index contributed by atoms with van der Waals surface area (Å²) >= 11 is 0. The lowest BCUT2D eigenvalue weighted by Gasteiger charge is -2.18. The molecule has 0 saturated carbocycles. The molecule has 0 heterocycles. The first-order valence-corrected chi connectivity index (χ1v) is 31.4. The number of carbonyl (C=O) groups is 3. The molecule has 0 spiro atoms. The maximum absolute atomic E-state index is 12.9. The topological polar surface area (TPSA) is 78.9 Å². The van der Waals surface area contributed by atoms with Gasteiger partial charge in [-0.05, 0) is 103 Å². The largest absolute Gasteiger partial charge is 0.462 e. The third-order valence-corrected chi connectivity index (χ3v) is 13.3. The average Bonchev–Trinajstić information content (AvgIpc) is 3.41. The van der Waals surface area contributed by atoms with Gasteiger partial charge in [0.25, 0.3) is 0 Å². The highest BCUT2D eigenvalue weighted by atomic mass is 16.6. The molecular weight excluding hydrogens is 925 g/mol. The third-order valence-electron chi connectivity index (χ3n) is 13.3. The number of ether oxygens (including phenoxy) is 3. The second-order valence-electron chi connectivity index (χ2n) is 20.6. The summed E-state index contributed by atoms with van der Waals surface area (Å²) in [4.78, 5) is 38.3. The fourth-order valence-electron chi connectivity index (χ4n) is 8.58. The molecule has 0 rings (SSSR count). The third kappa shape index (κ3) is 60.8. The van der Waals surface area contributed by atoms with E-state index in [2.05, 4.69) is 130 Å². The Morgan fingerprint density at radius 1 is 0.280 bits per heavy atom. The number of hydrogen-bond donors (Lipinski definition) is 0. The van der Waals surface area contributed by atoms with Crippen molar-refractivity contribution >= 4 is 17.9 Å². The minimum absolute atomic E-state index is 0.110. The monoisotopic (exact) mass is 1040 g/mol. The molecule has 0 amide bonds. The van der Waals surface area contributed by atoms with Crippen LogP contribution in [0.2, 0.25) is 0 Å². The predicted octanol–water partition coefficient (Wildman–Crippen LogP) is 21.4. The number of hydrogen-bond acceptors (Lipinski definition) is 6. The van der Waals surface area contributed by atoms with Crippen LogP contribution in [0.5, 0.6) is 0 Å². The zero-order valence-electron chi connectivity index (χ0n) is 49.0. The Morgan fingerprint density at radius 3 is 0.880 bits per heavy atom. The van der Waals surface area contributed by atoms with E-state index in [9.17, 15) is 14.4 Å². The standard InChI is InChI=1S/C69H116O6/c1-4-7-10-13-16-19-22-25-28-31-33-34-36-39-41-44-47-50-53-56-59-62-68(71)74-65-66(75-69(72)63-60-57-54-51-48-45-42-37-30-27-24-21-18-15-12-9-6-3)64-73-67(70)61-58-55-52-49-46-43-40-38-35-32-29-26-23-20-17-14-11-8-5-2/h9,12,17-18,20-21,26-27,29-30,35,38,42-43,45-46,51,54,66H,4-8,10-11,13-16,19,22-25,28,31-34,36-37,39-41,44,47-50,52-53,55-65H2,1-3H3/b12-9-,20-17-,21-18-,29-26-,30-27-,38-35-,45-42-,46-43-,54-51-/t66-/m1/s1. The smallest absolute Gasteiger partial charge is 0.306 e. The van der Waals surface area contributed by atoms with Gasteiger partial charge in [-0.3, -0.25) is 14.4 Å². The van der Waals surface area contributed by atoms with Crippen LogP contribution >= 0.6 is 0 Å². The van der Waals surface area contributed by atoms with Gasteiger partial charge in [-0.2, -0.15) is 0 Å². The van der Waals surface area contributed by atoms with Crippen molar-refractivity contribution in [2.24, 2.45) is 0 Å². The highest BCUT2D eigenvalue weighted by Crippen LogP contribution is 2.16. The van der Waals surface area contributed by atoms with Crippen LogP contribution in [0.4, 0.5) is 0 Å². The Hall–Kier alpha value is -3.93. The second kappa shape index (κ2) is 62.6. The van der Waals surface area contributed by atoms with Gasteiger partial charge in [-0.15, -0.1) is 0 Å². The van der Waals surface area contributed by atoms with Crippen LogP contribution in [0, 0.1) is 0 Å². The Morgan fingerprint density at radius 2 is 0.533 bits per heavy atom. The molecule has 0 N–H and O–H groups in total. The van der Waals surface area contributed by atoms with Gasteiger partial charge in [0, 0.05) is 19.3 Å². The van der Waals surface area contributed by atoms with Crippen LogP contribution < -0.4 is 0 Å². The first-order chi connectivity index (χ1) is 37.0. The molecule has 0 unspecified atom stereocenters. The number of unbranched alkanes of at least 4 members (excludes halogenated alkanes) is 27. The summed E-state index contributed by atoms with van der Waals surface area (Å²) in [5, 5.41) is 0. The Bertz CT molecular complexity index is 1520. The summed E-state index contributed by atoms with van der Waals surface area (Å²) in [5.41, 5.74) is 0. The predicted molar refractivity (Wildman–Crippen MR) is 325 cm³/mol. The van der Waals surface area contributed by atoms with Gasteiger partial charge in [0.2, 0.25) is 0 Å². The molecule has 0 aromatic rings. The van der Waals surface area contributed by atoms with Crippen molar-refractivity contribution in [2.45, 2.75) is 297 Å². The summed E-state index contributed by atoms with van der Waals surface area (Å²) in [6.07, 6.45) is 85.3. The van der Waals surface area contributed by atoms with Crippen LogP contribution in [0.15, 0.2) is 109 Å². The number of carbonyl (C=O) groups excluding carboxylic acids is 3. The lowest BCUT2D eigenvalue weighted by Crippen LogP contribution is -2.30. The molecule has 0 saturated heterocycles. The summed E-state index contributed by atoms with van der Waals surface area (Å²) in [6, 6.07) is 0. The van der Waals surface area contributed by atoms with Gasteiger partial charge in [0.15, 0.2) is 6.10 Å². The molecule has 0 aliphatic carbocycles. The SMILES string of the molecule is CC/C=C\C/C=C\C/C=C\C/C=C\C/C=C\CCCC(=O)O[C@H](COC(=O)CCCCC/C=C\C/C=C\C/C=C\C/C=C\CCCCC)COC(=O)CCCCCCCCCCCCCCCCCCCCCCC. The van der Waals surface area contributed by atoms with Gasteiger partial charge in [-0.1, -0.05) is 278 Å². The van der Waals surface area contributed by atoms with Gasteiger partial charge in [0.05, 0.1) is 0 Å². The van der Waals surface area contributed by atoms with Crippen molar-refractivity contribution in [1.82, 2.24) is 0 Å². The lowest BCUT2D eigenvalue weighted by atomic mass is 10.0. The fourth-order valence-corrected chi connectivity index (χ4v) is 8.58. The maximum atomic E-state index is 12.9. The summed E-state index contributed by atoms with van der Waals surface area (Å²) in [6.45, 7) is 6.45. The van der Waals surface area contributed by atoms with Crippen molar-refractivity contribution in [1.29, 1.82) is 0 Å². The van der Waals surface area contributed by atoms with Crippen molar-refractivity contribution in [3.05, 3.63) is 109 Å². The van der Waals surface area contributed by atoms with Crippen molar-refractivity contribution < 1.29 is 28.6 Å². The van der Waals surface area contributed by atoms with Crippen LogP contribution in [0.25, 0.3) is 0 Å². The molecule has 0 aromatic carbocycles. The van der Waals surface area contributed by atoms with Gasteiger partial charge >= 0.3 is 17.9 Å². The minimum atomic E-state index is -0.823. The molecule has 0 fully saturated rings. The van der Waals surface area contributed by atoms with Gasteiger partial charge in [-0.25, -0.2) is 0 Å². The Labute approximate surface area is 463 Å². The van der Waals surface area contributed by atoms with Crippen LogP contribution in [-0.2, 0) is 28.6 Å². The molecule has 428 valence electrons. The van der Waals surface area contributed by atoms with Crippen molar-refractivity contribution in [3.8, 4) is 0 Å².